The lowest BCUT2D eigenvalue weighted by Crippen LogP contribution is -2.27. The van der Waals surface area contributed by atoms with Crippen molar-refractivity contribution in [3.05, 3.63) is 74.6 Å². The molecule has 0 spiro atoms. The summed E-state index contributed by atoms with van der Waals surface area (Å²) in [6, 6.07) is 10.6. The first kappa shape index (κ1) is 27.9. The van der Waals surface area contributed by atoms with E-state index in [0.29, 0.717) is 29.8 Å². The topological polar surface area (TPSA) is 138 Å². The van der Waals surface area contributed by atoms with Gasteiger partial charge in [-0.25, -0.2) is 19.4 Å². The Morgan fingerprint density at radius 1 is 1.10 bits per heavy atom. The van der Waals surface area contributed by atoms with Crippen LogP contribution in [0.2, 0.25) is 10.3 Å². The molecule has 0 unspecified atom stereocenters. The van der Waals surface area contributed by atoms with Crippen LogP contribution < -0.4 is 21.2 Å². The molecule has 39 heavy (non-hydrogen) atoms. The summed E-state index contributed by atoms with van der Waals surface area (Å²) in [6.07, 6.45) is 1.74. The summed E-state index contributed by atoms with van der Waals surface area (Å²) in [5.74, 6) is -1.31. The first-order valence-electron chi connectivity index (χ1n) is 11.8. The standard InChI is InChI=1S/C26H25Cl2N5O6/c1-14(34)39-33-20-12-18(30-22-19(27)13-29-23(28)32-22)11-16(21(20)37-25(33)36)9-8-15-6-5-7-17(10-15)31-24(35)38-26(2,3)4/h5-7,10-13H,8-9H2,1-4H3,(H,31,35)(H,29,30,32). The Kier molecular flexibility index (Phi) is 8.12. The first-order chi connectivity index (χ1) is 18.4. The van der Waals surface area contributed by atoms with Crippen LogP contribution in [0.4, 0.5) is 22.0 Å². The Morgan fingerprint density at radius 2 is 1.87 bits per heavy atom. The molecule has 0 bridgehead atoms. The number of benzene rings is 2. The van der Waals surface area contributed by atoms with Crippen LogP contribution >= 0.6 is 23.2 Å². The molecule has 0 aliphatic carbocycles. The lowest BCUT2D eigenvalue weighted by molar-refractivity contribution is -0.141. The van der Waals surface area contributed by atoms with Crippen molar-refractivity contribution in [2.24, 2.45) is 0 Å². The van der Waals surface area contributed by atoms with E-state index in [-0.39, 0.29) is 27.2 Å². The molecule has 2 heterocycles. The van der Waals surface area contributed by atoms with Gasteiger partial charge in [-0.2, -0.15) is 4.98 Å². The van der Waals surface area contributed by atoms with Gasteiger partial charge in [-0.15, -0.1) is 0 Å². The van der Waals surface area contributed by atoms with E-state index in [9.17, 15) is 14.4 Å². The summed E-state index contributed by atoms with van der Waals surface area (Å²) in [4.78, 5) is 49.3. The van der Waals surface area contributed by atoms with E-state index < -0.39 is 23.4 Å². The Balaban J connectivity index is 1.65. The van der Waals surface area contributed by atoms with E-state index in [1.165, 1.54) is 13.1 Å². The Bertz CT molecular complexity index is 1610. The van der Waals surface area contributed by atoms with Crippen molar-refractivity contribution in [2.45, 2.75) is 46.1 Å². The van der Waals surface area contributed by atoms with Crippen LogP contribution in [0.5, 0.6) is 0 Å². The van der Waals surface area contributed by atoms with Crippen LogP contribution in [0.1, 0.15) is 38.8 Å². The number of halogens is 2. The van der Waals surface area contributed by atoms with Gasteiger partial charge in [-0.1, -0.05) is 28.5 Å². The molecule has 0 aliphatic rings. The number of aromatic nitrogens is 3. The van der Waals surface area contributed by atoms with E-state index in [0.717, 1.165) is 10.3 Å². The smallest absolute Gasteiger partial charge is 0.444 e. The van der Waals surface area contributed by atoms with Crippen molar-refractivity contribution in [3.8, 4) is 0 Å². The van der Waals surface area contributed by atoms with Crippen LogP contribution in [0, 0.1) is 0 Å². The number of fused-ring (bicyclic) bond motifs is 1. The van der Waals surface area contributed by atoms with Crippen molar-refractivity contribution < 1.29 is 23.6 Å². The summed E-state index contributed by atoms with van der Waals surface area (Å²) in [5.41, 5.74) is 2.46. The molecule has 0 saturated heterocycles. The van der Waals surface area contributed by atoms with Crippen molar-refractivity contribution >= 4 is 63.6 Å². The molecule has 204 valence electrons. The second-order valence-corrected chi connectivity index (χ2v) is 10.3. The Labute approximate surface area is 233 Å². The van der Waals surface area contributed by atoms with E-state index in [4.69, 9.17) is 37.2 Å². The minimum absolute atomic E-state index is 0.0109. The normalized spacial score (nSPS) is 11.3. The maximum absolute atomic E-state index is 12.5. The highest BCUT2D eigenvalue weighted by atomic mass is 35.5. The number of carbonyl (C=O) groups excluding carboxylic acids is 2. The third-order valence-electron chi connectivity index (χ3n) is 5.17. The molecule has 2 N–H and O–H groups in total. The fourth-order valence-electron chi connectivity index (χ4n) is 3.72. The molecule has 0 atom stereocenters. The summed E-state index contributed by atoms with van der Waals surface area (Å²) in [6.45, 7) is 6.53. The van der Waals surface area contributed by atoms with Crippen LogP contribution in [0.15, 0.2) is 51.8 Å². The molecule has 0 aliphatic heterocycles. The van der Waals surface area contributed by atoms with Crippen LogP contribution in [-0.4, -0.2) is 32.4 Å². The van der Waals surface area contributed by atoms with E-state index >= 15 is 0 Å². The summed E-state index contributed by atoms with van der Waals surface area (Å²) in [7, 11) is 0. The number of nitrogens with zero attached hydrogens (tertiary/aromatic N) is 3. The molecular formula is C26H25Cl2N5O6. The molecule has 2 aromatic carbocycles. The Morgan fingerprint density at radius 3 is 2.59 bits per heavy atom. The van der Waals surface area contributed by atoms with Gasteiger partial charge in [0.25, 0.3) is 0 Å². The van der Waals surface area contributed by atoms with Gasteiger partial charge in [0, 0.05) is 18.3 Å². The minimum Gasteiger partial charge on any atom is -0.444 e. The molecule has 4 aromatic rings. The van der Waals surface area contributed by atoms with Crippen molar-refractivity contribution in [1.29, 1.82) is 0 Å². The predicted molar refractivity (Wildman–Crippen MR) is 147 cm³/mol. The zero-order valence-corrected chi connectivity index (χ0v) is 23.0. The fourth-order valence-corrected chi connectivity index (χ4v) is 3.99. The molecule has 1 amide bonds. The number of anilines is 3. The number of aryl methyl sites for hydroxylation is 2. The number of oxazole rings is 1. The maximum Gasteiger partial charge on any atom is 0.453 e. The summed E-state index contributed by atoms with van der Waals surface area (Å²) in [5, 5.41) is 5.99. The minimum atomic E-state index is -0.856. The summed E-state index contributed by atoms with van der Waals surface area (Å²) >= 11 is 12.1. The molecule has 11 nitrogen and oxygen atoms in total. The average molecular weight is 574 g/mol. The van der Waals surface area contributed by atoms with Crippen molar-refractivity contribution in [2.75, 3.05) is 10.6 Å². The maximum atomic E-state index is 12.5. The number of nitrogens with one attached hydrogen (secondary N) is 2. The number of rotatable bonds is 7. The largest absolute Gasteiger partial charge is 0.453 e. The number of ether oxygens (including phenoxy) is 1. The average Bonchev–Trinajstić information content (AvgIpc) is 3.13. The van der Waals surface area contributed by atoms with E-state index in [1.54, 1.807) is 39.0 Å². The molecular weight excluding hydrogens is 549 g/mol. The monoisotopic (exact) mass is 573 g/mol. The van der Waals surface area contributed by atoms with Gasteiger partial charge in [0.1, 0.15) is 16.1 Å². The van der Waals surface area contributed by atoms with Crippen molar-refractivity contribution in [1.82, 2.24) is 14.7 Å². The summed E-state index contributed by atoms with van der Waals surface area (Å²) < 4.78 is 11.5. The van der Waals surface area contributed by atoms with Crippen LogP contribution in [0.3, 0.4) is 0 Å². The number of amides is 1. The Hall–Kier alpha value is -4.09. The second-order valence-electron chi connectivity index (χ2n) is 9.52. The van der Waals surface area contributed by atoms with Gasteiger partial charge in [0.2, 0.25) is 5.28 Å². The van der Waals surface area contributed by atoms with E-state index in [1.807, 2.05) is 18.2 Å². The van der Waals surface area contributed by atoms with Gasteiger partial charge in [-0.05, 0) is 80.6 Å². The fraction of sp³-hybridized carbons (Fsp3) is 0.269. The van der Waals surface area contributed by atoms with E-state index in [2.05, 4.69) is 20.6 Å². The van der Waals surface area contributed by atoms with Crippen LogP contribution in [0.25, 0.3) is 11.1 Å². The van der Waals surface area contributed by atoms with Gasteiger partial charge >= 0.3 is 17.8 Å². The highest BCUT2D eigenvalue weighted by molar-refractivity contribution is 6.33. The van der Waals surface area contributed by atoms with Crippen LogP contribution in [-0.2, 0) is 22.4 Å². The predicted octanol–water partition coefficient (Wildman–Crippen LogP) is 5.54. The molecule has 0 saturated carbocycles. The van der Waals surface area contributed by atoms with Gasteiger partial charge < -0.3 is 19.3 Å². The highest BCUT2D eigenvalue weighted by Crippen LogP contribution is 2.29. The lowest BCUT2D eigenvalue weighted by atomic mass is 10.0. The van der Waals surface area contributed by atoms with Gasteiger partial charge in [0.15, 0.2) is 11.4 Å². The molecule has 0 radical (unpaired) electrons. The van der Waals surface area contributed by atoms with Gasteiger partial charge in [0.05, 0.1) is 6.20 Å². The second kappa shape index (κ2) is 11.3. The highest BCUT2D eigenvalue weighted by Gasteiger charge is 2.19. The first-order valence-corrected chi connectivity index (χ1v) is 12.5. The molecule has 4 rings (SSSR count). The van der Waals surface area contributed by atoms with Gasteiger partial charge in [-0.3, -0.25) is 5.32 Å². The SMILES string of the molecule is CC(=O)On1c(=O)oc2c(CCc3cccc(NC(=O)OC(C)(C)C)c3)cc(Nc3nc(Cl)ncc3Cl)cc21. The van der Waals surface area contributed by atoms with Crippen molar-refractivity contribution in [3.63, 3.8) is 0 Å². The number of hydrogen-bond acceptors (Lipinski definition) is 9. The zero-order chi connectivity index (χ0) is 28.3. The quantitative estimate of drug-likeness (QED) is 0.273. The zero-order valence-electron chi connectivity index (χ0n) is 21.5. The molecule has 0 fully saturated rings. The molecule has 2 aromatic heterocycles. The lowest BCUT2D eigenvalue weighted by Gasteiger charge is -2.19. The third-order valence-corrected chi connectivity index (χ3v) is 5.63. The third kappa shape index (κ3) is 7.27. The number of hydrogen-bond donors (Lipinski definition) is 2. The molecule has 13 heteroatoms. The number of carbonyl (C=O) groups is 2.